The third-order valence-electron chi connectivity index (χ3n) is 2.73. The lowest BCUT2D eigenvalue weighted by Crippen LogP contribution is -2.36. The van der Waals surface area contributed by atoms with Crippen LogP contribution in [-0.4, -0.2) is 18.6 Å². The Morgan fingerprint density at radius 1 is 1.42 bits per heavy atom. The van der Waals surface area contributed by atoms with Crippen LogP contribution in [-0.2, 0) is 10.2 Å². The van der Waals surface area contributed by atoms with Crippen molar-refractivity contribution in [2.24, 2.45) is 0 Å². The second-order valence-corrected chi connectivity index (χ2v) is 5.43. The summed E-state index contributed by atoms with van der Waals surface area (Å²) in [6, 6.07) is 7.76. The summed E-state index contributed by atoms with van der Waals surface area (Å²) in [6.45, 7) is 8.26. The average molecular weight is 259 g/mol. The highest BCUT2D eigenvalue weighted by atomic mass is 16.5. The summed E-state index contributed by atoms with van der Waals surface area (Å²) < 4.78 is 5.75. The minimum absolute atomic E-state index is 0.0361. The standard InChI is InChI=1S/C16H21NO2/c1-6-11-17-15(18)12(2)19-14-10-8-7-9-13(14)16(3,4)5/h1,7-10,12H,11H2,2-5H3,(H,17,18). The fourth-order valence-electron chi connectivity index (χ4n) is 1.71. The lowest BCUT2D eigenvalue weighted by atomic mass is 9.86. The van der Waals surface area contributed by atoms with Gasteiger partial charge in [0.15, 0.2) is 6.10 Å². The van der Waals surface area contributed by atoms with E-state index in [0.29, 0.717) is 0 Å². The molecule has 102 valence electrons. The molecule has 1 atom stereocenters. The Morgan fingerprint density at radius 2 is 2.05 bits per heavy atom. The van der Waals surface area contributed by atoms with Gasteiger partial charge in [0.05, 0.1) is 6.54 Å². The molecule has 0 heterocycles. The van der Waals surface area contributed by atoms with Gasteiger partial charge in [0.2, 0.25) is 0 Å². The van der Waals surface area contributed by atoms with Gasteiger partial charge in [0.1, 0.15) is 5.75 Å². The Morgan fingerprint density at radius 3 is 2.63 bits per heavy atom. The molecule has 1 aromatic rings. The van der Waals surface area contributed by atoms with E-state index in [2.05, 4.69) is 32.0 Å². The van der Waals surface area contributed by atoms with Crippen molar-refractivity contribution in [2.75, 3.05) is 6.54 Å². The summed E-state index contributed by atoms with van der Waals surface area (Å²) in [6.07, 6.45) is 4.53. The highest BCUT2D eigenvalue weighted by Crippen LogP contribution is 2.31. The molecular weight excluding hydrogens is 238 g/mol. The molecule has 1 N–H and O–H groups in total. The zero-order valence-corrected chi connectivity index (χ0v) is 12.0. The first-order chi connectivity index (χ1) is 8.86. The number of amides is 1. The van der Waals surface area contributed by atoms with Crippen molar-refractivity contribution >= 4 is 5.91 Å². The third kappa shape index (κ3) is 4.33. The zero-order chi connectivity index (χ0) is 14.5. The molecule has 1 aromatic carbocycles. The molecule has 0 aromatic heterocycles. The van der Waals surface area contributed by atoms with E-state index >= 15 is 0 Å². The molecule has 0 saturated heterocycles. The minimum Gasteiger partial charge on any atom is -0.481 e. The van der Waals surface area contributed by atoms with Gasteiger partial charge < -0.3 is 10.1 Å². The monoisotopic (exact) mass is 259 g/mol. The van der Waals surface area contributed by atoms with Crippen LogP contribution >= 0.6 is 0 Å². The summed E-state index contributed by atoms with van der Waals surface area (Å²) in [5, 5.41) is 2.61. The average Bonchev–Trinajstić information content (AvgIpc) is 2.35. The van der Waals surface area contributed by atoms with Crippen LogP contribution in [0.25, 0.3) is 0 Å². The van der Waals surface area contributed by atoms with Gasteiger partial charge in [0.25, 0.3) is 5.91 Å². The van der Waals surface area contributed by atoms with E-state index in [1.54, 1.807) is 6.92 Å². The SMILES string of the molecule is C#CCNC(=O)C(C)Oc1ccccc1C(C)(C)C. The summed E-state index contributed by atoms with van der Waals surface area (Å²) in [5.41, 5.74) is 1.04. The number of terminal acetylenes is 1. The number of para-hydroxylation sites is 1. The maximum Gasteiger partial charge on any atom is 0.261 e. The second-order valence-electron chi connectivity index (χ2n) is 5.43. The molecule has 3 heteroatoms. The van der Waals surface area contributed by atoms with E-state index in [9.17, 15) is 4.79 Å². The largest absolute Gasteiger partial charge is 0.481 e. The van der Waals surface area contributed by atoms with E-state index in [1.165, 1.54) is 0 Å². The normalized spacial score (nSPS) is 12.4. The van der Waals surface area contributed by atoms with Crippen LogP contribution in [0.5, 0.6) is 5.75 Å². The highest BCUT2D eigenvalue weighted by molar-refractivity contribution is 5.80. The molecule has 0 aliphatic heterocycles. The fourth-order valence-corrected chi connectivity index (χ4v) is 1.71. The molecule has 0 bridgehead atoms. The van der Waals surface area contributed by atoms with Gasteiger partial charge in [-0.05, 0) is 24.0 Å². The summed E-state index contributed by atoms with van der Waals surface area (Å²) in [7, 11) is 0. The number of ether oxygens (including phenoxy) is 1. The number of hydrogen-bond acceptors (Lipinski definition) is 2. The molecule has 3 nitrogen and oxygen atoms in total. The fraction of sp³-hybridized carbons (Fsp3) is 0.438. The van der Waals surface area contributed by atoms with Crippen LogP contribution in [0, 0.1) is 12.3 Å². The molecule has 1 unspecified atom stereocenters. The molecule has 1 amide bonds. The number of carbonyl (C=O) groups excluding carboxylic acids is 1. The third-order valence-corrected chi connectivity index (χ3v) is 2.73. The number of rotatable bonds is 4. The van der Waals surface area contributed by atoms with Crippen molar-refractivity contribution in [3.05, 3.63) is 29.8 Å². The summed E-state index contributed by atoms with van der Waals surface area (Å²) >= 11 is 0. The van der Waals surface area contributed by atoms with Crippen molar-refractivity contribution in [1.29, 1.82) is 0 Å². The van der Waals surface area contributed by atoms with E-state index in [1.807, 2.05) is 24.3 Å². The molecule has 0 saturated carbocycles. The number of benzene rings is 1. The molecule has 0 aliphatic carbocycles. The molecule has 0 aliphatic rings. The maximum atomic E-state index is 11.7. The lowest BCUT2D eigenvalue weighted by Gasteiger charge is -2.24. The van der Waals surface area contributed by atoms with Crippen LogP contribution in [0.3, 0.4) is 0 Å². The van der Waals surface area contributed by atoms with E-state index in [-0.39, 0.29) is 17.9 Å². The molecule has 0 fully saturated rings. The number of nitrogens with one attached hydrogen (secondary N) is 1. The second kappa shape index (κ2) is 6.29. The van der Waals surface area contributed by atoms with Gasteiger partial charge in [-0.1, -0.05) is 44.9 Å². The Labute approximate surface area is 115 Å². The van der Waals surface area contributed by atoms with E-state index in [4.69, 9.17) is 11.2 Å². The van der Waals surface area contributed by atoms with Crippen LogP contribution in [0.15, 0.2) is 24.3 Å². The van der Waals surface area contributed by atoms with Gasteiger partial charge in [0, 0.05) is 0 Å². The minimum atomic E-state index is -0.572. The molecule has 0 radical (unpaired) electrons. The van der Waals surface area contributed by atoms with Crippen LogP contribution in [0.4, 0.5) is 0 Å². The first-order valence-electron chi connectivity index (χ1n) is 6.33. The van der Waals surface area contributed by atoms with Crippen LogP contribution < -0.4 is 10.1 Å². The zero-order valence-electron chi connectivity index (χ0n) is 12.0. The number of hydrogen-bond donors (Lipinski definition) is 1. The Balaban J connectivity index is 2.83. The van der Waals surface area contributed by atoms with Crippen molar-refractivity contribution in [2.45, 2.75) is 39.2 Å². The Hall–Kier alpha value is -1.95. The maximum absolute atomic E-state index is 11.7. The van der Waals surface area contributed by atoms with Crippen molar-refractivity contribution in [3.63, 3.8) is 0 Å². The Bertz CT molecular complexity index is 480. The van der Waals surface area contributed by atoms with E-state index < -0.39 is 6.10 Å². The highest BCUT2D eigenvalue weighted by Gasteiger charge is 2.21. The van der Waals surface area contributed by atoms with Gasteiger partial charge >= 0.3 is 0 Å². The van der Waals surface area contributed by atoms with Gasteiger partial charge in [-0.2, -0.15) is 0 Å². The quantitative estimate of drug-likeness (QED) is 0.844. The first-order valence-corrected chi connectivity index (χ1v) is 6.33. The van der Waals surface area contributed by atoms with Gasteiger partial charge in [-0.3, -0.25) is 4.79 Å². The summed E-state index contributed by atoms with van der Waals surface area (Å²) in [5.74, 6) is 2.89. The Kier molecular flexibility index (Phi) is 5.00. The van der Waals surface area contributed by atoms with Crippen molar-refractivity contribution in [3.8, 4) is 18.1 Å². The van der Waals surface area contributed by atoms with Crippen LogP contribution in [0.1, 0.15) is 33.3 Å². The van der Waals surface area contributed by atoms with Crippen molar-refractivity contribution < 1.29 is 9.53 Å². The van der Waals surface area contributed by atoms with Gasteiger partial charge in [-0.15, -0.1) is 6.42 Å². The number of carbonyl (C=O) groups is 1. The summed E-state index contributed by atoms with van der Waals surface area (Å²) in [4.78, 5) is 11.7. The predicted octanol–water partition coefficient (Wildman–Crippen LogP) is 2.50. The molecule has 0 spiro atoms. The van der Waals surface area contributed by atoms with Crippen LogP contribution in [0.2, 0.25) is 0 Å². The topological polar surface area (TPSA) is 38.3 Å². The smallest absolute Gasteiger partial charge is 0.261 e. The molecular formula is C16H21NO2. The van der Waals surface area contributed by atoms with Crippen molar-refractivity contribution in [1.82, 2.24) is 5.32 Å². The van der Waals surface area contributed by atoms with E-state index in [0.717, 1.165) is 11.3 Å². The van der Waals surface area contributed by atoms with Gasteiger partial charge in [-0.25, -0.2) is 0 Å². The molecule has 1 rings (SSSR count). The lowest BCUT2D eigenvalue weighted by molar-refractivity contribution is -0.127. The predicted molar refractivity (Wildman–Crippen MR) is 77.1 cm³/mol. The first kappa shape index (κ1) is 15.1. The molecule has 19 heavy (non-hydrogen) atoms.